The molecule has 0 aliphatic carbocycles. The van der Waals surface area contributed by atoms with Crippen LogP contribution in [0.4, 0.5) is 4.79 Å². The zero-order chi connectivity index (χ0) is 14.4. The predicted molar refractivity (Wildman–Crippen MR) is 73.0 cm³/mol. The quantitative estimate of drug-likeness (QED) is 0.900. The van der Waals surface area contributed by atoms with E-state index < -0.39 is 0 Å². The summed E-state index contributed by atoms with van der Waals surface area (Å²) in [7, 11) is 0. The summed E-state index contributed by atoms with van der Waals surface area (Å²) in [6.45, 7) is 3.35. The molecule has 6 heteroatoms. The van der Waals surface area contributed by atoms with Crippen LogP contribution >= 0.6 is 0 Å². The van der Waals surface area contributed by atoms with E-state index in [1.807, 2.05) is 12.1 Å². The van der Waals surface area contributed by atoms with Gasteiger partial charge in [-0.15, -0.1) is 0 Å². The second-order valence-electron chi connectivity index (χ2n) is 4.86. The number of amides is 2. The number of pyridine rings is 1. The maximum atomic E-state index is 11.9. The highest BCUT2D eigenvalue weighted by Gasteiger charge is 2.27. The van der Waals surface area contributed by atoms with Crippen LogP contribution < -0.4 is 10.1 Å². The van der Waals surface area contributed by atoms with Crippen molar-refractivity contribution < 1.29 is 9.53 Å². The molecule has 2 amide bonds. The molecule has 1 aromatic heterocycles. The SMILES string of the molecule is CC(C#N)CNC(=O)N1CCC(Oc2ccccn2)C1. The zero-order valence-electron chi connectivity index (χ0n) is 11.5. The number of hydrogen-bond acceptors (Lipinski definition) is 4. The number of aromatic nitrogens is 1. The van der Waals surface area contributed by atoms with E-state index in [-0.39, 0.29) is 18.1 Å². The van der Waals surface area contributed by atoms with Crippen molar-refractivity contribution in [2.45, 2.75) is 19.4 Å². The minimum absolute atomic E-state index is 0.0240. The highest BCUT2D eigenvalue weighted by Crippen LogP contribution is 2.16. The van der Waals surface area contributed by atoms with Gasteiger partial charge >= 0.3 is 6.03 Å². The van der Waals surface area contributed by atoms with Crippen molar-refractivity contribution in [2.75, 3.05) is 19.6 Å². The molecule has 1 N–H and O–H groups in total. The largest absolute Gasteiger partial charge is 0.472 e. The number of hydrogen-bond donors (Lipinski definition) is 1. The van der Waals surface area contributed by atoms with Crippen LogP contribution in [0.1, 0.15) is 13.3 Å². The minimum Gasteiger partial charge on any atom is -0.472 e. The Hall–Kier alpha value is -2.29. The van der Waals surface area contributed by atoms with Crippen molar-refractivity contribution in [3.05, 3.63) is 24.4 Å². The number of carbonyl (C=O) groups excluding carboxylic acids is 1. The van der Waals surface area contributed by atoms with Crippen molar-refractivity contribution in [1.82, 2.24) is 15.2 Å². The van der Waals surface area contributed by atoms with E-state index in [9.17, 15) is 4.79 Å². The Kier molecular flexibility index (Phi) is 4.77. The van der Waals surface area contributed by atoms with Crippen molar-refractivity contribution in [1.29, 1.82) is 5.26 Å². The summed E-state index contributed by atoms with van der Waals surface area (Å²) >= 11 is 0. The molecule has 2 atom stereocenters. The molecule has 0 bridgehead atoms. The first-order valence-corrected chi connectivity index (χ1v) is 6.69. The average molecular weight is 274 g/mol. The van der Waals surface area contributed by atoms with E-state index in [1.165, 1.54) is 0 Å². The summed E-state index contributed by atoms with van der Waals surface area (Å²) in [5, 5.41) is 11.4. The van der Waals surface area contributed by atoms with Gasteiger partial charge in [0, 0.05) is 31.8 Å². The molecule has 2 unspecified atom stereocenters. The molecule has 106 valence electrons. The summed E-state index contributed by atoms with van der Waals surface area (Å²) in [4.78, 5) is 17.7. The third-order valence-electron chi connectivity index (χ3n) is 3.14. The summed E-state index contributed by atoms with van der Waals surface area (Å²) in [6.07, 6.45) is 2.44. The van der Waals surface area contributed by atoms with Gasteiger partial charge in [-0.05, 0) is 13.0 Å². The van der Waals surface area contributed by atoms with Crippen LogP contribution in [-0.4, -0.2) is 41.7 Å². The molecule has 1 saturated heterocycles. The van der Waals surface area contributed by atoms with Crippen LogP contribution in [0.15, 0.2) is 24.4 Å². The smallest absolute Gasteiger partial charge is 0.317 e. The van der Waals surface area contributed by atoms with E-state index in [0.29, 0.717) is 25.5 Å². The molecule has 2 rings (SSSR count). The van der Waals surface area contributed by atoms with E-state index in [2.05, 4.69) is 16.4 Å². The normalized spacial score (nSPS) is 19.2. The number of likely N-dealkylation sites (tertiary alicyclic amines) is 1. The lowest BCUT2D eigenvalue weighted by molar-refractivity contribution is 0.183. The summed E-state index contributed by atoms with van der Waals surface area (Å²) < 4.78 is 5.72. The van der Waals surface area contributed by atoms with Gasteiger partial charge in [0.1, 0.15) is 6.10 Å². The van der Waals surface area contributed by atoms with Gasteiger partial charge in [-0.2, -0.15) is 5.26 Å². The molecule has 2 heterocycles. The Morgan fingerprint density at radius 2 is 2.55 bits per heavy atom. The molecule has 20 heavy (non-hydrogen) atoms. The van der Waals surface area contributed by atoms with E-state index in [0.717, 1.165) is 6.42 Å². The number of nitrogens with one attached hydrogen (secondary N) is 1. The standard InChI is InChI=1S/C14H18N4O2/c1-11(8-15)9-17-14(19)18-7-5-12(10-18)20-13-4-2-3-6-16-13/h2-4,6,11-12H,5,7,9-10H2,1H3,(H,17,19). The Bertz CT molecular complexity index is 486. The van der Waals surface area contributed by atoms with Gasteiger partial charge in [0.05, 0.1) is 18.5 Å². The first-order valence-electron chi connectivity index (χ1n) is 6.69. The van der Waals surface area contributed by atoms with Crippen LogP contribution in [0.25, 0.3) is 0 Å². The highest BCUT2D eigenvalue weighted by atomic mass is 16.5. The fourth-order valence-corrected chi connectivity index (χ4v) is 1.99. The van der Waals surface area contributed by atoms with Crippen molar-refractivity contribution in [2.24, 2.45) is 5.92 Å². The summed E-state index contributed by atoms with van der Waals surface area (Å²) in [5.74, 6) is 0.403. The zero-order valence-corrected chi connectivity index (χ0v) is 11.5. The lowest BCUT2D eigenvalue weighted by atomic mass is 10.2. The van der Waals surface area contributed by atoms with Crippen LogP contribution in [-0.2, 0) is 0 Å². The van der Waals surface area contributed by atoms with Gasteiger partial charge < -0.3 is 15.0 Å². The molecular formula is C14H18N4O2. The van der Waals surface area contributed by atoms with Crippen LogP contribution in [0.5, 0.6) is 5.88 Å². The average Bonchev–Trinajstić information content (AvgIpc) is 2.94. The third-order valence-corrected chi connectivity index (χ3v) is 3.14. The van der Waals surface area contributed by atoms with Crippen molar-refractivity contribution >= 4 is 6.03 Å². The van der Waals surface area contributed by atoms with Gasteiger partial charge in [-0.3, -0.25) is 0 Å². The van der Waals surface area contributed by atoms with Gasteiger partial charge in [-0.1, -0.05) is 6.07 Å². The molecule has 0 aromatic carbocycles. The van der Waals surface area contributed by atoms with Crippen molar-refractivity contribution in [3.63, 3.8) is 0 Å². The first kappa shape index (κ1) is 14.1. The highest BCUT2D eigenvalue weighted by molar-refractivity contribution is 5.74. The van der Waals surface area contributed by atoms with E-state index in [1.54, 1.807) is 24.1 Å². The first-order chi connectivity index (χ1) is 9.69. The van der Waals surface area contributed by atoms with Crippen LogP contribution in [0.3, 0.4) is 0 Å². The van der Waals surface area contributed by atoms with Crippen LogP contribution in [0, 0.1) is 17.2 Å². The number of carbonyl (C=O) groups is 1. The molecule has 1 aromatic rings. The molecule has 1 fully saturated rings. The lowest BCUT2D eigenvalue weighted by Gasteiger charge is -2.18. The fraction of sp³-hybridized carbons (Fsp3) is 0.500. The van der Waals surface area contributed by atoms with Gasteiger partial charge in [0.15, 0.2) is 0 Å². The Balaban J connectivity index is 1.77. The van der Waals surface area contributed by atoms with Gasteiger partial charge in [-0.25, -0.2) is 9.78 Å². The summed E-state index contributed by atoms with van der Waals surface area (Å²) in [6, 6.07) is 7.45. The maximum absolute atomic E-state index is 11.9. The lowest BCUT2D eigenvalue weighted by Crippen LogP contribution is -2.40. The second kappa shape index (κ2) is 6.75. The molecule has 1 aliphatic rings. The molecule has 0 radical (unpaired) electrons. The topological polar surface area (TPSA) is 78.2 Å². The number of nitrogens with zero attached hydrogens (tertiary/aromatic N) is 3. The molecule has 0 spiro atoms. The van der Waals surface area contributed by atoms with Gasteiger partial charge in [0.2, 0.25) is 5.88 Å². The molecular weight excluding hydrogens is 256 g/mol. The minimum atomic E-state index is -0.179. The maximum Gasteiger partial charge on any atom is 0.317 e. The van der Waals surface area contributed by atoms with E-state index in [4.69, 9.17) is 10.00 Å². The molecule has 1 aliphatic heterocycles. The van der Waals surface area contributed by atoms with Crippen molar-refractivity contribution in [3.8, 4) is 11.9 Å². The Labute approximate surface area is 118 Å². The number of urea groups is 1. The third kappa shape index (κ3) is 3.85. The second-order valence-corrected chi connectivity index (χ2v) is 4.86. The Morgan fingerprint density at radius 1 is 1.70 bits per heavy atom. The van der Waals surface area contributed by atoms with E-state index >= 15 is 0 Å². The summed E-state index contributed by atoms with van der Waals surface area (Å²) in [5.41, 5.74) is 0. The molecule has 6 nitrogen and oxygen atoms in total. The predicted octanol–water partition coefficient (Wildman–Crippen LogP) is 1.40. The Morgan fingerprint density at radius 3 is 3.25 bits per heavy atom. The van der Waals surface area contributed by atoms with Crippen LogP contribution in [0.2, 0.25) is 0 Å². The number of ether oxygens (including phenoxy) is 1. The fourth-order valence-electron chi connectivity index (χ4n) is 1.99. The number of rotatable bonds is 4. The van der Waals surface area contributed by atoms with Gasteiger partial charge in [0.25, 0.3) is 0 Å². The monoisotopic (exact) mass is 274 g/mol. The number of nitriles is 1. The molecule has 0 saturated carbocycles.